The van der Waals surface area contributed by atoms with Crippen molar-refractivity contribution < 1.29 is 9.32 Å². The van der Waals surface area contributed by atoms with Gasteiger partial charge in [0.15, 0.2) is 0 Å². The number of aryl methyl sites for hydroxylation is 1. The van der Waals surface area contributed by atoms with E-state index in [9.17, 15) is 4.79 Å². The van der Waals surface area contributed by atoms with Gasteiger partial charge in [0.2, 0.25) is 5.76 Å². The van der Waals surface area contributed by atoms with Gasteiger partial charge in [-0.25, -0.2) is 0 Å². The van der Waals surface area contributed by atoms with E-state index in [1.54, 1.807) is 6.07 Å². The summed E-state index contributed by atoms with van der Waals surface area (Å²) in [6.45, 7) is 4.17. The number of likely N-dealkylation sites (tertiary alicyclic amines) is 1. The summed E-state index contributed by atoms with van der Waals surface area (Å²) in [6, 6.07) is 8.17. The van der Waals surface area contributed by atoms with E-state index in [1.807, 2.05) is 30.2 Å². The average Bonchev–Trinajstić information content (AvgIpc) is 2.87. The second-order valence-electron chi connectivity index (χ2n) is 6.45. The van der Waals surface area contributed by atoms with Crippen LogP contribution in [0.25, 0.3) is 0 Å². The first-order valence-electron chi connectivity index (χ1n) is 8.46. The lowest BCUT2D eigenvalue weighted by molar-refractivity contribution is 0.0715. The number of hydrogen-bond acceptors (Lipinski definition) is 5. The molecule has 6 heteroatoms. The van der Waals surface area contributed by atoms with Gasteiger partial charge in [-0.3, -0.25) is 14.7 Å². The zero-order chi connectivity index (χ0) is 16.9. The standard InChI is InChI=1S/C18H24N4O2/c1-14-12-17(24-20-14)18(23)22-10-5-7-16(8-11-22)21(2)13-15-6-3-4-9-19-15/h3-4,6,9,12,16H,5,7-8,10-11,13H2,1-2H3/t16-/m0/s1. The lowest BCUT2D eigenvalue weighted by Gasteiger charge is -2.26. The molecule has 1 atom stereocenters. The number of nitrogens with zero attached hydrogens (tertiary/aromatic N) is 4. The molecule has 0 unspecified atom stereocenters. The minimum atomic E-state index is -0.0522. The molecule has 1 aliphatic heterocycles. The normalized spacial score (nSPS) is 18.6. The fourth-order valence-electron chi connectivity index (χ4n) is 3.22. The predicted molar refractivity (Wildman–Crippen MR) is 90.5 cm³/mol. The molecule has 1 fully saturated rings. The molecular formula is C18H24N4O2. The highest BCUT2D eigenvalue weighted by Crippen LogP contribution is 2.19. The van der Waals surface area contributed by atoms with Gasteiger partial charge in [0.05, 0.1) is 11.4 Å². The van der Waals surface area contributed by atoms with Gasteiger partial charge in [-0.2, -0.15) is 0 Å². The van der Waals surface area contributed by atoms with Crippen LogP contribution in [0.5, 0.6) is 0 Å². The highest BCUT2D eigenvalue weighted by molar-refractivity contribution is 5.91. The Balaban J connectivity index is 1.57. The van der Waals surface area contributed by atoms with Gasteiger partial charge >= 0.3 is 0 Å². The first kappa shape index (κ1) is 16.6. The molecule has 3 rings (SSSR count). The predicted octanol–water partition coefficient (Wildman–Crippen LogP) is 2.50. The maximum absolute atomic E-state index is 12.5. The number of carbonyl (C=O) groups excluding carboxylic acids is 1. The van der Waals surface area contributed by atoms with Crippen LogP contribution in [0.15, 0.2) is 35.0 Å². The van der Waals surface area contributed by atoms with Gasteiger partial charge in [-0.05, 0) is 45.4 Å². The number of aromatic nitrogens is 2. The first-order chi connectivity index (χ1) is 11.6. The zero-order valence-corrected chi connectivity index (χ0v) is 14.3. The van der Waals surface area contributed by atoms with Crippen molar-refractivity contribution in [1.82, 2.24) is 19.9 Å². The number of hydrogen-bond donors (Lipinski definition) is 0. The van der Waals surface area contributed by atoms with E-state index in [0.717, 1.165) is 50.3 Å². The summed E-state index contributed by atoms with van der Waals surface area (Å²) in [6.07, 6.45) is 4.87. The van der Waals surface area contributed by atoms with Crippen LogP contribution in [0, 0.1) is 6.92 Å². The third-order valence-corrected chi connectivity index (χ3v) is 4.58. The van der Waals surface area contributed by atoms with Crippen LogP contribution in [0.1, 0.15) is 41.2 Å². The Hall–Kier alpha value is -2.21. The van der Waals surface area contributed by atoms with Crippen LogP contribution in [-0.4, -0.2) is 52.0 Å². The van der Waals surface area contributed by atoms with Gasteiger partial charge < -0.3 is 9.42 Å². The molecule has 0 aliphatic carbocycles. The summed E-state index contributed by atoms with van der Waals surface area (Å²) in [4.78, 5) is 21.1. The lowest BCUT2D eigenvalue weighted by atomic mass is 10.1. The summed E-state index contributed by atoms with van der Waals surface area (Å²) < 4.78 is 5.11. The first-order valence-corrected chi connectivity index (χ1v) is 8.46. The van der Waals surface area contributed by atoms with E-state index in [-0.39, 0.29) is 5.91 Å². The molecular weight excluding hydrogens is 304 g/mol. The quantitative estimate of drug-likeness (QED) is 0.863. The molecule has 0 spiro atoms. The second-order valence-corrected chi connectivity index (χ2v) is 6.45. The molecule has 1 saturated heterocycles. The number of carbonyl (C=O) groups is 1. The minimum Gasteiger partial charge on any atom is -0.351 e. The van der Waals surface area contributed by atoms with Crippen molar-refractivity contribution in [3.63, 3.8) is 0 Å². The van der Waals surface area contributed by atoms with Crippen LogP contribution in [0.3, 0.4) is 0 Å². The van der Waals surface area contributed by atoms with Crippen molar-refractivity contribution in [3.8, 4) is 0 Å². The molecule has 0 saturated carbocycles. The summed E-state index contributed by atoms with van der Waals surface area (Å²) >= 11 is 0. The average molecular weight is 328 g/mol. The van der Waals surface area contributed by atoms with E-state index < -0.39 is 0 Å². The Kier molecular flexibility index (Phi) is 5.25. The number of pyridine rings is 1. The molecule has 0 N–H and O–H groups in total. The summed E-state index contributed by atoms with van der Waals surface area (Å²) in [7, 11) is 2.14. The van der Waals surface area contributed by atoms with E-state index >= 15 is 0 Å². The molecule has 0 bridgehead atoms. The van der Waals surface area contributed by atoms with Crippen molar-refractivity contribution in [1.29, 1.82) is 0 Å². The van der Waals surface area contributed by atoms with Crippen LogP contribution in [-0.2, 0) is 6.54 Å². The van der Waals surface area contributed by atoms with Crippen LogP contribution < -0.4 is 0 Å². The maximum Gasteiger partial charge on any atom is 0.292 e. The Labute approximate surface area is 142 Å². The zero-order valence-electron chi connectivity index (χ0n) is 14.3. The third kappa shape index (κ3) is 4.00. The summed E-state index contributed by atoms with van der Waals surface area (Å²) in [5.41, 5.74) is 1.82. The summed E-state index contributed by atoms with van der Waals surface area (Å²) in [5, 5.41) is 3.81. The van der Waals surface area contributed by atoms with Crippen LogP contribution in [0.4, 0.5) is 0 Å². The smallest absolute Gasteiger partial charge is 0.292 e. The molecule has 6 nitrogen and oxygen atoms in total. The summed E-state index contributed by atoms with van der Waals surface area (Å²) in [5.74, 6) is 0.288. The fraction of sp³-hybridized carbons (Fsp3) is 0.500. The van der Waals surface area contributed by atoms with Gasteiger partial charge in [0.1, 0.15) is 0 Å². The molecule has 3 heterocycles. The van der Waals surface area contributed by atoms with Crippen molar-refractivity contribution in [2.45, 2.75) is 38.8 Å². The minimum absolute atomic E-state index is 0.0522. The molecule has 0 radical (unpaired) electrons. The Morgan fingerprint density at radius 2 is 2.25 bits per heavy atom. The van der Waals surface area contributed by atoms with E-state index in [0.29, 0.717) is 11.8 Å². The largest absolute Gasteiger partial charge is 0.351 e. The van der Waals surface area contributed by atoms with Crippen LogP contribution >= 0.6 is 0 Å². The molecule has 2 aromatic rings. The second kappa shape index (κ2) is 7.57. The van der Waals surface area contributed by atoms with E-state index in [2.05, 4.69) is 28.2 Å². The van der Waals surface area contributed by atoms with Gasteiger partial charge in [0, 0.05) is 37.9 Å². The third-order valence-electron chi connectivity index (χ3n) is 4.58. The monoisotopic (exact) mass is 328 g/mol. The molecule has 0 aromatic carbocycles. The highest BCUT2D eigenvalue weighted by Gasteiger charge is 2.25. The Bertz CT molecular complexity index is 671. The number of amides is 1. The molecule has 2 aromatic heterocycles. The Morgan fingerprint density at radius 1 is 1.38 bits per heavy atom. The van der Waals surface area contributed by atoms with Crippen molar-refractivity contribution in [3.05, 3.63) is 47.6 Å². The molecule has 24 heavy (non-hydrogen) atoms. The maximum atomic E-state index is 12.5. The lowest BCUT2D eigenvalue weighted by Crippen LogP contribution is -2.34. The van der Waals surface area contributed by atoms with Gasteiger partial charge in [0.25, 0.3) is 5.91 Å². The highest BCUT2D eigenvalue weighted by atomic mass is 16.5. The van der Waals surface area contributed by atoms with E-state index in [1.165, 1.54) is 0 Å². The molecule has 128 valence electrons. The van der Waals surface area contributed by atoms with E-state index in [4.69, 9.17) is 4.52 Å². The fourth-order valence-corrected chi connectivity index (χ4v) is 3.22. The number of rotatable bonds is 4. The molecule has 1 aliphatic rings. The Morgan fingerprint density at radius 3 is 2.96 bits per heavy atom. The molecule has 1 amide bonds. The van der Waals surface area contributed by atoms with Gasteiger partial charge in [-0.15, -0.1) is 0 Å². The van der Waals surface area contributed by atoms with Gasteiger partial charge in [-0.1, -0.05) is 11.2 Å². The van der Waals surface area contributed by atoms with Crippen LogP contribution in [0.2, 0.25) is 0 Å². The van der Waals surface area contributed by atoms with Crippen molar-refractivity contribution in [2.24, 2.45) is 0 Å². The SMILES string of the molecule is Cc1cc(C(=O)N2CCC[C@H](N(C)Cc3ccccn3)CC2)on1. The topological polar surface area (TPSA) is 62.5 Å². The van der Waals surface area contributed by atoms with Crippen molar-refractivity contribution in [2.75, 3.05) is 20.1 Å². The van der Waals surface area contributed by atoms with Crippen molar-refractivity contribution >= 4 is 5.91 Å².